The Hall–Kier alpha value is -2.30. The van der Waals surface area contributed by atoms with Crippen LogP contribution in [0, 0.1) is 17.5 Å². The van der Waals surface area contributed by atoms with Gasteiger partial charge in [0.1, 0.15) is 11.9 Å². The van der Waals surface area contributed by atoms with Crippen molar-refractivity contribution in [2.75, 3.05) is 13.1 Å². The molecular formula is C17H20F6N3O2+. The molecule has 0 saturated carbocycles. The van der Waals surface area contributed by atoms with Gasteiger partial charge < -0.3 is 16.0 Å². The first-order valence-corrected chi connectivity index (χ1v) is 8.58. The number of carbonyl (C=O) groups is 2. The summed E-state index contributed by atoms with van der Waals surface area (Å²) in [6.45, 7) is 0.0927. The molecule has 1 aliphatic rings. The van der Waals surface area contributed by atoms with Crippen molar-refractivity contribution in [3.8, 4) is 0 Å². The Balaban J connectivity index is 2.10. The molecule has 1 fully saturated rings. The Morgan fingerprint density at radius 1 is 1.21 bits per heavy atom. The van der Waals surface area contributed by atoms with E-state index in [2.05, 4.69) is 11.1 Å². The standard InChI is InChI=1S/C17H19F6N3O2/c18-11-7-13(20)12(19)5-9(11)4-10(24)6-15(27)26-3-1-2-25-16(28)14(26)8-17(21,22)23/h5,7,10,14H,1-4,6,8,24H2,(H,25,28)/p+1/t10-,14-/m1/s1. The first-order chi connectivity index (χ1) is 13.0. The van der Waals surface area contributed by atoms with Gasteiger partial charge in [0.2, 0.25) is 11.8 Å². The number of alkyl halides is 3. The number of nitrogens with one attached hydrogen (secondary N) is 1. The second kappa shape index (κ2) is 8.80. The Bertz CT molecular complexity index is 740. The normalized spacial score (nSPS) is 19.2. The third kappa shape index (κ3) is 5.85. The predicted octanol–water partition coefficient (Wildman–Crippen LogP) is 1.32. The molecule has 0 aliphatic carbocycles. The summed E-state index contributed by atoms with van der Waals surface area (Å²) in [7, 11) is 0. The van der Waals surface area contributed by atoms with Gasteiger partial charge in [-0.1, -0.05) is 0 Å². The first-order valence-electron chi connectivity index (χ1n) is 8.58. The van der Waals surface area contributed by atoms with Crippen molar-refractivity contribution < 1.29 is 41.7 Å². The lowest BCUT2D eigenvalue weighted by Gasteiger charge is -2.29. The highest BCUT2D eigenvalue weighted by Crippen LogP contribution is 2.26. The number of hydrogen-bond acceptors (Lipinski definition) is 2. The second-order valence-electron chi connectivity index (χ2n) is 6.70. The second-order valence-corrected chi connectivity index (χ2v) is 6.70. The number of halogens is 6. The maximum Gasteiger partial charge on any atom is 0.391 e. The number of nitrogens with zero attached hydrogens (tertiary/aromatic N) is 1. The summed E-state index contributed by atoms with van der Waals surface area (Å²) in [6, 6.07) is -1.48. The van der Waals surface area contributed by atoms with Gasteiger partial charge in [-0.25, -0.2) is 13.2 Å². The minimum atomic E-state index is -4.65. The van der Waals surface area contributed by atoms with Crippen LogP contribution in [0.2, 0.25) is 0 Å². The van der Waals surface area contributed by atoms with E-state index >= 15 is 0 Å². The molecule has 1 aromatic carbocycles. The lowest BCUT2D eigenvalue weighted by molar-refractivity contribution is -0.418. The average Bonchev–Trinajstić information content (AvgIpc) is 2.73. The van der Waals surface area contributed by atoms with Crippen LogP contribution in [0.1, 0.15) is 24.8 Å². The number of hydrogen-bond donors (Lipinski definition) is 2. The number of rotatable bonds is 5. The zero-order valence-corrected chi connectivity index (χ0v) is 14.8. The molecule has 1 heterocycles. The van der Waals surface area contributed by atoms with Crippen LogP contribution in [0.3, 0.4) is 0 Å². The van der Waals surface area contributed by atoms with Gasteiger partial charge in [0.25, 0.3) is 0 Å². The van der Waals surface area contributed by atoms with E-state index in [1.165, 1.54) is 0 Å². The molecule has 2 atom stereocenters. The highest BCUT2D eigenvalue weighted by atomic mass is 19.4. The van der Waals surface area contributed by atoms with Crippen molar-refractivity contribution >= 4 is 11.8 Å². The maximum absolute atomic E-state index is 13.7. The Morgan fingerprint density at radius 2 is 1.86 bits per heavy atom. The largest absolute Gasteiger partial charge is 0.391 e. The number of amides is 2. The van der Waals surface area contributed by atoms with Gasteiger partial charge in [0, 0.05) is 25.6 Å². The van der Waals surface area contributed by atoms with Crippen molar-refractivity contribution in [1.29, 1.82) is 0 Å². The molecule has 0 bridgehead atoms. The molecule has 2 amide bonds. The molecule has 4 N–H and O–H groups in total. The minimum absolute atomic E-state index is 0.0510. The van der Waals surface area contributed by atoms with E-state index in [1.54, 1.807) is 0 Å². The molecule has 0 unspecified atom stereocenters. The van der Waals surface area contributed by atoms with Gasteiger partial charge in [-0.15, -0.1) is 0 Å². The van der Waals surface area contributed by atoms with Crippen LogP contribution in [-0.2, 0) is 16.0 Å². The highest BCUT2D eigenvalue weighted by Gasteiger charge is 2.41. The van der Waals surface area contributed by atoms with E-state index in [0.717, 1.165) is 4.90 Å². The van der Waals surface area contributed by atoms with Crippen LogP contribution >= 0.6 is 0 Å². The minimum Gasteiger partial charge on any atom is -0.354 e. The number of quaternary nitrogens is 1. The van der Waals surface area contributed by atoms with Crippen LogP contribution in [0.4, 0.5) is 26.3 Å². The van der Waals surface area contributed by atoms with Crippen molar-refractivity contribution in [2.24, 2.45) is 0 Å². The van der Waals surface area contributed by atoms with E-state index in [0.29, 0.717) is 12.1 Å². The summed E-state index contributed by atoms with van der Waals surface area (Å²) in [4.78, 5) is 25.3. The summed E-state index contributed by atoms with van der Waals surface area (Å²) >= 11 is 0. The maximum atomic E-state index is 13.7. The Labute approximate surface area is 156 Å². The van der Waals surface area contributed by atoms with Crippen molar-refractivity contribution in [1.82, 2.24) is 10.2 Å². The first kappa shape index (κ1) is 22.0. The third-order valence-corrected chi connectivity index (χ3v) is 4.36. The molecule has 11 heteroatoms. The zero-order valence-electron chi connectivity index (χ0n) is 14.8. The van der Waals surface area contributed by atoms with Crippen molar-refractivity contribution in [3.63, 3.8) is 0 Å². The molecule has 1 aliphatic heterocycles. The van der Waals surface area contributed by atoms with Gasteiger partial charge in [0.15, 0.2) is 11.6 Å². The topological polar surface area (TPSA) is 77.1 Å². The quantitative estimate of drug-likeness (QED) is 0.565. The van der Waals surface area contributed by atoms with E-state index in [-0.39, 0.29) is 37.9 Å². The van der Waals surface area contributed by atoms with Crippen LogP contribution in [0.5, 0.6) is 0 Å². The summed E-state index contributed by atoms with van der Waals surface area (Å²) in [5.41, 5.74) is 3.45. The van der Waals surface area contributed by atoms with Crippen LogP contribution in [0.15, 0.2) is 12.1 Å². The fraction of sp³-hybridized carbons (Fsp3) is 0.529. The summed E-state index contributed by atoms with van der Waals surface area (Å²) < 4.78 is 78.4. The monoisotopic (exact) mass is 412 g/mol. The SMILES string of the molecule is [NH3+][C@@H](CC(=O)N1CCCNC(=O)[C@H]1CC(F)(F)F)Cc1cc(F)c(F)cc1F. The molecule has 156 valence electrons. The molecule has 0 spiro atoms. The summed E-state index contributed by atoms with van der Waals surface area (Å²) in [5, 5.41) is 2.34. The van der Waals surface area contributed by atoms with Crippen LogP contribution in [-0.4, -0.2) is 48.1 Å². The lowest BCUT2D eigenvalue weighted by atomic mass is 10.0. The molecule has 1 aromatic rings. The fourth-order valence-corrected chi connectivity index (χ4v) is 3.06. The average molecular weight is 412 g/mol. The lowest BCUT2D eigenvalue weighted by Crippen LogP contribution is -2.64. The predicted molar refractivity (Wildman–Crippen MR) is 85.1 cm³/mol. The smallest absolute Gasteiger partial charge is 0.354 e. The summed E-state index contributed by atoms with van der Waals surface area (Å²) in [5.74, 6) is -5.26. The van der Waals surface area contributed by atoms with Gasteiger partial charge in [-0.3, -0.25) is 9.59 Å². The molecular weight excluding hydrogens is 392 g/mol. The van der Waals surface area contributed by atoms with Crippen LogP contribution < -0.4 is 11.1 Å². The summed E-state index contributed by atoms with van der Waals surface area (Å²) in [6.07, 6.45) is -6.45. The van der Waals surface area contributed by atoms with Gasteiger partial charge in [-0.05, 0) is 18.1 Å². The highest BCUT2D eigenvalue weighted by molar-refractivity contribution is 5.88. The van der Waals surface area contributed by atoms with Gasteiger partial charge in [0.05, 0.1) is 18.9 Å². The van der Waals surface area contributed by atoms with E-state index < -0.39 is 53.9 Å². The van der Waals surface area contributed by atoms with E-state index in [1.807, 2.05) is 0 Å². The molecule has 0 aromatic heterocycles. The fourth-order valence-electron chi connectivity index (χ4n) is 3.06. The molecule has 1 saturated heterocycles. The van der Waals surface area contributed by atoms with E-state index in [4.69, 9.17) is 0 Å². The van der Waals surface area contributed by atoms with Gasteiger partial charge in [-0.2, -0.15) is 13.2 Å². The van der Waals surface area contributed by atoms with Gasteiger partial charge >= 0.3 is 6.18 Å². The molecule has 0 radical (unpaired) electrons. The van der Waals surface area contributed by atoms with Crippen LogP contribution in [0.25, 0.3) is 0 Å². The number of benzene rings is 1. The zero-order chi connectivity index (χ0) is 21.1. The van der Waals surface area contributed by atoms with Crippen molar-refractivity contribution in [2.45, 2.75) is 43.9 Å². The molecule has 5 nitrogen and oxygen atoms in total. The molecule has 28 heavy (non-hydrogen) atoms. The Kier molecular flexibility index (Phi) is 6.91. The van der Waals surface area contributed by atoms with Crippen molar-refractivity contribution in [3.05, 3.63) is 35.1 Å². The third-order valence-electron chi connectivity index (χ3n) is 4.36. The number of carbonyl (C=O) groups excluding carboxylic acids is 2. The molecule has 2 rings (SSSR count). The van der Waals surface area contributed by atoms with E-state index in [9.17, 15) is 35.9 Å². The Morgan fingerprint density at radius 3 is 2.50 bits per heavy atom.